The lowest BCUT2D eigenvalue weighted by molar-refractivity contribution is 0.995. The van der Waals surface area contributed by atoms with Gasteiger partial charge in [0.15, 0.2) is 5.17 Å². The first-order valence-electron chi connectivity index (χ1n) is 5.04. The standard InChI is InChI=1S/C11H12BrN3S/c1-2-9-10(14-15-11(13)16-9)7-3-5-8(12)6-4-7/h3-6,9H,2H2,1H3,(H2,13,15). The highest BCUT2D eigenvalue weighted by molar-refractivity contribution is 9.10. The minimum absolute atomic E-state index is 0.304. The van der Waals surface area contributed by atoms with E-state index in [-0.39, 0.29) is 0 Å². The number of hydrogen-bond acceptors (Lipinski definition) is 4. The highest BCUT2D eigenvalue weighted by Crippen LogP contribution is 2.25. The average molecular weight is 298 g/mol. The van der Waals surface area contributed by atoms with Gasteiger partial charge in [0.05, 0.1) is 11.0 Å². The molecule has 0 spiro atoms. The molecule has 1 heterocycles. The van der Waals surface area contributed by atoms with E-state index in [1.807, 2.05) is 24.3 Å². The molecule has 0 aliphatic carbocycles. The Balaban J connectivity index is 2.34. The van der Waals surface area contributed by atoms with E-state index in [1.54, 1.807) is 11.8 Å². The Morgan fingerprint density at radius 3 is 2.62 bits per heavy atom. The fourth-order valence-corrected chi connectivity index (χ4v) is 2.64. The van der Waals surface area contributed by atoms with E-state index >= 15 is 0 Å². The minimum atomic E-state index is 0.304. The van der Waals surface area contributed by atoms with Gasteiger partial charge in [-0.25, -0.2) is 0 Å². The summed E-state index contributed by atoms with van der Waals surface area (Å²) < 4.78 is 1.07. The van der Waals surface area contributed by atoms with Gasteiger partial charge >= 0.3 is 0 Å². The molecule has 0 saturated carbocycles. The number of thioether (sulfide) groups is 1. The number of hydrogen-bond donors (Lipinski definition) is 1. The van der Waals surface area contributed by atoms with E-state index in [1.165, 1.54) is 0 Å². The van der Waals surface area contributed by atoms with Gasteiger partial charge in [-0.15, -0.1) is 5.10 Å². The maximum absolute atomic E-state index is 5.66. The number of nitrogens with two attached hydrogens (primary N) is 1. The molecule has 0 aromatic heterocycles. The van der Waals surface area contributed by atoms with Gasteiger partial charge < -0.3 is 5.73 Å². The molecular weight excluding hydrogens is 286 g/mol. The average Bonchev–Trinajstić information content (AvgIpc) is 2.30. The van der Waals surface area contributed by atoms with Gasteiger partial charge in [0.25, 0.3) is 0 Å². The van der Waals surface area contributed by atoms with Crippen molar-refractivity contribution in [2.24, 2.45) is 15.9 Å². The molecule has 1 unspecified atom stereocenters. The molecule has 2 N–H and O–H groups in total. The second-order valence-corrected chi connectivity index (χ2v) is 5.58. The molecule has 0 radical (unpaired) electrons. The number of benzene rings is 1. The van der Waals surface area contributed by atoms with E-state index in [0.717, 1.165) is 22.2 Å². The van der Waals surface area contributed by atoms with Crippen molar-refractivity contribution in [2.45, 2.75) is 18.6 Å². The van der Waals surface area contributed by atoms with Crippen molar-refractivity contribution in [2.75, 3.05) is 0 Å². The monoisotopic (exact) mass is 297 g/mol. The lowest BCUT2D eigenvalue weighted by Crippen LogP contribution is -2.25. The Kier molecular flexibility index (Phi) is 3.66. The summed E-state index contributed by atoms with van der Waals surface area (Å²) in [6.07, 6.45) is 0.996. The van der Waals surface area contributed by atoms with Crippen LogP contribution in [0.5, 0.6) is 0 Å². The molecule has 0 amide bonds. The summed E-state index contributed by atoms with van der Waals surface area (Å²) in [6.45, 7) is 2.13. The van der Waals surface area contributed by atoms with Crippen molar-refractivity contribution < 1.29 is 0 Å². The van der Waals surface area contributed by atoms with Crippen LogP contribution in [0.1, 0.15) is 18.9 Å². The predicted octanol–water partition coefficient (Wildman–Crippen LogP) is 2.99. The predicted molar refractivity (Wildman–Crippen MR) is 74.0 cm³/mol. The van der Waals surface area contributed by atoms with Gasteiger partial charge in [-0.05, 0) is 24.1 Å². The maximum Gasteiger partial charge on any atom is 0.181 e. The number of halogens is 1. The molecule has 2 rings (SSSR count). The minimum Gasteiger partial charge on any atom is -0.377 e. The van der Waals surface area contributed by atoms with Crippen LogP contribution in [-0.4, -0.2) is 16.1 Å². The van der Waals surface area contributed by atoms with Crippen LogP contribution in [0.25, 0.3) is 0 Å². The zero-order valence-corrected chi connectivity index (χ0v) is 11.3. The fraction of sp³-hybridized carbons (Fsp3) is 0.273. The molecule has 0 saturated heterocycles. The summed E-state index contributed by atoms with van der Waals surface area (Å²) in [7, 11) is 0. The lowest BCUT2D eigenvalue weighted by Gasteiger charge is -2.19. The summed E-state index contributed by atoms with van der Waals surface area (Å²) >= 11 is 5.00. The molecule has 5 heteroatoms. The molecule has 16 heavy (non-hydrogen) atoms. The smallest absolute Gasteiger partial charge is 0.181 e. The molecule has 1 aliphatic heterocycles. The van der Waals surface area contributed by atoms with Crippen LogP contribution in [0, 0.1) is 0 Å². The van der Waals surface area contributed by atoms with Gasteiger partial charge in [0.1, 0.15) is 0 Å². The van der Waals surface area contributed by atoms with Gasteiger partial charge in [0.2, 0.25) is 0 Å². The SMILES string of the molecule is CCC1SC(N)=NN=C1c1ccc(Br)cc1. The van der Waals surface area contributed by atoms with Crippen molar-refractivity contribution in [3.8, 4) is 0 Å². The van der Waals surface area contributed by atoms with Crippen LogP contribution in [0.3, 0.4) is 0 Å². The Hall–Kier alpha value is -0.810. The van der Waals surface area contributed by atoms with Gasteiger partial charge in [-0.2, -0.15) is 5.10 Å². The van der Waals surface area contributed by atoms with Crippen LogP contribution < -0.4 is 5.73 Å². The van der Waals surface area contributed by atoms with Crippen LogP contribution >= 0.6 is 27.7 Å². The van der Waals surface area contributed by atoms with E-state index < -0.39 is 0 Å². The number of rotatable bonds is 2. The molecule has 84 valence electrons. The Morgan fingerprint density at radius 2 is 2.00 bits per heavy atom. The molecule has 1 aliphatic rings. The highest BCUT2D eigenvalue weighted by atomic mass is 79.9. The second kappa shape index (κ2) is 5.01. The van der Waals surface area contributed by atoms with Gasteiger partial charge in [0, 0.05) is 4.47 Å². The van der Waals surface area contributed by atoms with Crippen LogP contribution in [-0.2, 0) is 0 Å². The first-order chi connectivity index (χ1) is 7.70. The molecule has 1 atom stereocenters. The molecule has 1 aromatic rings. The Bertz CT molecular complexity index is 439. The molecule has 0 fully saturated rings. The maximum atomic E-state index is 5.66. The zero-order chi connectivity index (χ0) is 11.5. The largest absolute Gasteiger partial charge is 0.377 e. The van der Waals surface area contributed by atoms with Crippen molar-refractivity contribution in [1.29, 1.82) is 0 Å². The van der Waals surface area contributed by atoms with E-state index in [9.17, 15) is 0 Å². The second-order valence-electron chi connectivity index (χ2n) is 3.45. The molecular formula is C11H12BrN3S. The van der Waals surface area contributed by atoms with Crippen LogP contribution in [0.15, 0.2) is 38.9 Å². The van der Waals surface area contributed by atoms with Crippen LogP contribution in [0.4, 0.5) is 0 Å². The first-order valence-corrected chi connectivity index (χ1v) is 6.71. The summed E-state index contributed by atoms with van der Waals surface area (Å²) in [5.41, 5.74) is 7.78. The highest BCUT2D eigenvalue weighted by Gasteiger charge is 2.21. The number of amidine groups is 1. The zero-order valence-electron chi connectivity index (χ0n) is 8.85. The summed E-state index contributed by atoms with van der Waals surface area (Å²) in [5, 5.41) is 9.00. The lowest BCUT2D eigenvalue weighted by atomic mass is 10.1. The van der Waals surface area contributed by atoms with Crippen molar-refractivity contribution >= 4 is 38.6 Å². The quantitative estimate of drug-likeness (QED) is 0.912. The summed E-state index contributed by atoms with van der Waals surface area (Å²) in [4.78, 5) is 0. The van der Waals surface area contributed by atoms with E-state index in [4.69, 9.17) is 5.73 Å². The third-order valence-corrected chi connectivity index (χ3v) is 4.03. The number of nitrogens with zero attached hydrogens (tertiary/aromatic N) is 2. The first kappa shape index (κ1) is 11.7. The third-order valence-electron chi connectivity index (χ3n) is 2.34. The molecule has 1 aromatic carbocycles. The van der Waals surface area contributed by atoms with E-state index in [0.29, 0.717) is 10.4 Å². The van der Waals surface area contributed by atoms with E-state index in [2.05, 4.69) is 33.1 Å². The fourth-order valence-electron chi connectivity index (χ4n) is 1.53. The van der Waals surface area contributed by atoms with Crippen LogP contribution in [0.2, 0.25) is 0 Å². The van der Waals surface area contributed by atoms with Crippen molar-refractivity contribution in [1.82, 2.24) is 0 Å². The third kappa shape index (κ3) is 2.47. The molecule has 3 nitrogen and oxygen atoms in total. The summed E-state index contributed by atoms with van der Waals surface area (Å²) in [6, 6.07) is 8.11. The molecule has 0 bridgehead atoms. The van der Waals surface area contributed by atoms with Crippen molar-refractivity contribution in [3.63, 3.8) is 0 Å². The summed E-state index contributed by atoms with van der Waals surface area (Å²) in [5.74, 6) is 0. The van der Waals surface area contributed by atoms with Gasteiger partial charge in [-0.3, -0.25) is 0 Å². The Morgan fingerprint density at radius 1 is 1.31 bits per heavy atom. The van der Waals surface area contributed by atoms with Gasteiger partial charge in [-0.1, -0.05) is 46.7 Å². The normalized spacial score (nSPS) is 20.2. The Labute approximate surface area is 107 Å². The topological polar surface area (TPSA) is 50.7 Å². The van der Waals surface area contributed by atoms with Crippen molar-refractivity contribution in [3.05, 3.63) is 34.3 Å².